The molecule has 7 heteroatoms. The van der Waals surface area contributed by atoms with Crippen molar-refractivity contribution >= 4 is 5.91 Å². The molecule has 0 bridgehead atoms. The third-order valence-electron chi connectivity index (χ3n) is 4.09. The second-order valence-electron chi connectivity index (χ2n) is 6.07. The SMILES string of the molecule is CCOc1ccc(-c2cc(=O)n(CC(=O)NCc3ccccc3F)cn2)cc1. The molecule has 6 nitrogen and oxygen atoms in total. The van der Waals surface area contributed by atoms with Crippen molar-refractivity contribution < 1.29 is 13.9 Å². The average Bonchev–Trinajstić information content (AvgIpc) is 2.70. The molecule has 3 aromatic rings. The number of rotatable bonds is 7. The molecule has 0 aliphatic rings. The Kier molecular flexibility index (Phi) is 6.16. The summed E-state index contributed by atoms with van der Waals surface area (Å²) in [7, 11) is 0. The molecule has 0 saturated carbocycles. The topological polar surface area (TPSA) is 73.2 Å². The molecule has 1 amide bonds. The molecule has 0 spiro atoms. The van der Waals surface area contributed by atoms with Crippen LogP contribution >= 0.6 is 0 Å². The summed E-state index contributed by atoms with van der Waals surface area (Å²) in [6.45, 7) is 2.34. The lowest BCUT2D eigenvalue weighted by Gasteiger charge is -2.09. The molecular formula is C21H20FN3O3. The number of hydrogen-bond donors (Lipinski definition) is 1. The van der Waals surface area contributed by atoms with Crippen LogP contribution in [0.2, 0.25) is 0 Å². The molecule has 3 rings (SSSR count). The van der Waals surface area contributed by atoms with Crippen molar-refractivity contribution in [3.63, 3.8) is 0 Å². The van der Waals surface area contributed by atoms with E-state index >= 15 is 0 Å². The fourth-order valence-electron chi connectivity index (χ4n) is 2.64. The minimum Gasteiger partial charge on any atom is -0.494 e. The van der Waals surface area contributed by atoms with Crippen LogP contribution in [0.15, 0.2) is 65.7 Å². The van der Waals surface area contributed by atoms with Gasteiger partial charge in [0.1, 0.15) is 18.1 Å². The van der Waals surface area contributed by atoms with Gasteiger partial charge in [-0.15, -0.1) is 0 Å². The van der Waals surface area contributed by atoms with Gasteiger partial charge in [-0.05, 0) is 37.3 Å². The van der Waals surface area contributed by atoms with Gasteiger partial charge in [0.25, 0.3) is 5.56 Å². The van der Waals surface area contributed by atoms with Crippen LogP contribution in [0.1, 0.15) is 12.5 Å². The molecule has 144 valence electrons. The first-order valence-electron chi connectivity index (χ1n) is 8.86. The van der Waals surface area contributed by atoms with Gasteiger partial charge in [-0.25, -0.2) is 9.37 Å². The highest BCUT2D eigenvalue weighted by Crippen LogP contribution is 2.19. The Hall–Kier alpha value is -3.48. The Morgan fingerprint density at radius 3 is 2.61 bits per heavy atom. The van der Waals surface area contributed by atoms with E-state index in [1.165, 1.54) is 23.0 Å². The predicted molar refractivity (Wildman–Crippen MR) is 103 cm³/mol. The first-order valence-corrected chi connectivity index (χ1v) is 8.86. The molecule has 28 heavy (non-hydrogen) atoms. The van der Waals surface area contributed by atoms with Gasteiger partial charge in [0, 0.05) is 23.7 Å². The van der Waals surface area contributed by atoms with Crippen LogP contribution in [0.25, 0.3) is 11.3 Å². The van der Waals surface area contributed by atoms with E-state index < -0.39 is 5.91 Å². The van der Waals surface area contributed by atoms with Crippen molar-refractivity contribution in [3.05, 3.63) is 82.7 Å². The molecule has 0 aliphatic carbocycles. The van der Waals surface area contributed by atoms with Gasteiger partial charge in [-0.1, -0.05) is 18.2 Å². The molecule has 1 aromatic heterocycles. The summed E-state index contributed by atoms with van der Waals surface area (Å²) in [5.74, 6) is -0.0478. The maximum Gasteiger partial charge on any atom is 0.254 e. The second kappa shape index (κ2) is 8.94. The smallest absolute Gasteiger partial charge is 0.254 e. The molecule has 0 saturated heterocycles. The number of amides is 1. The fraction of sp³-hybridized carbons (Fsp3) is 0.190. The highest BCUT2D eigenvalue weighted by Gasteiger charge is 2.08. The third-order valence-corrected chi connectivity index (χ3v) is 4.09. The largest absolute Gasteiger partial charge is 0.494 e. The summed E-state index contributed by atoms with van der Waals surface area (Å²) >= 11 is 0. The first-order chi connectivity index (χ1) is 13.6. The van der Waals surface area contributed by atoms with Crippen molar-refractivity contribution in [2.24, 2.45) is 0 Å². The number of hydrogen-bond acceptors (Lipinski definition) is 4. The summed E-state index contributed by atoms with van der Waals surface area (Å²) in [5, 5.41) is 2.60. The minimum absolute atomic E-state index is 0.0535. The van der Waals surface area contributed by atoms with Crippen LogP contribution in [0.3, 0.4) is 0 Å². The lowest BCUT2D eigenvalue weighted by molar-refractivity contribution is -0.121. The van der Waals surface area contributed by atoms with Gasteiger partial charge in [0.2, 0.25) is 5.91 Å². The quantitative estimate of drug-likeness (QED) is 0.683. The monoisotopic (exact) mass is 381 g/mol. The highest BCUT2D eigenvalue weighted by atomic mass is 19.1. The number of carbonyl (C=O) groups is 1. The van der Waals surface area contributed by atoms with E-state index in [-0.39, 0.29) is 24.5 Å². The molecule has 1 heterocycles. The first kappa shape index (κ1) is 19.3. The van der Waals surface area contributed by atoms with Gasteiger partial charge in [-0.3, -0.25) is 14.2 Å². The molecule has 0 unspecified atom stereocenters. The van der Waals surface area contributed by atoms with Crippen LogP contribution < -0.4 is 15.6 Å². The van der Waals surface area contributed by atoms with Gasteiger partial charge >= 0.3 is 0 Å². The molecule has 1 N–H and O–H groups in total. The molecule has 0 radical (unpaired) electrons. The van der Waals surface area contributed by atoms with Crippen molar-refractivity contribution in [3.8, 4) is 17.0 Å². The zero-order valence-electron chi connectivity index (χ0n) is 15.4. The minimum atomic E-state index is -0.402. The Morgan fingerprint density at radius 2 is 1.93 bits per heavy atom. The van der Waals surface area contributed by atoms with Crippen molar-refractivity contribution in [2.45, 2.75) is 20.0 Å². The van der Waals surface area contributed by atoms with Gasteiger partial charge < -0.3 is 10.1 Å². The summed E-state index contributed by atoms with van der Waals surface area (Å²) < 4.78 is 20.2. The van der Waals surface area contributed by atoms with E-state index in [1.54, 1.807) is 18.2 Å². The number of aromatic nitrogens is 2. The lowest BCUT2D eigenvalue weighted by atomic mass is 10.1. The summed E-state index contributed by atoms with van der Waals surface area (Å²) in [6, 6.07) is 14.8. The van der Waals surface area contributed by atoms with Crippen molar-refractivity contribution in [1.82, 2.24) is 14.9 Å². The number of nitrogens with zero attached hydrogens (tertiary/aromatic N) is 2. The number of carbonyl (C=O) groups excluding carboxylic acids is 1. The Morgan fingerprint density at radius 1 is 1.18 bits per heavy atom. The van der Waals surface area contributed by atoms with E-state index in [9.17, 15) is 14.0 Å². The Labute approximate surface area is 161 Å². The fourth-order valence-corrected chi connectivity index (χ4v) is 2.64. The van der Waals surface area contributed by atoms with Gasteiger partial charge in [0.05, 0.1) is 18.6 Å². The lowest BCUT2D eigenvalue weighted by Crippen LogP contribution is -2.32. The van der Waals surface area contributed by atoms with Crippen LogP contribution in [-0.2, 0) is 17.9 Å². The van der Waals surface area contributed by atoms with Crippen LogP contribution in [0.4, 0.5) is 4.39 Å². The van der Waals surface area contributed by atoms with Crippen LogP contribution in [-0.4, -0.2) is 22.1 Å². The van der Waals surface area contributed by atoms with Crippen LogP contribution in [0, 0.1) is 5.82 Å². The summed E-state index contributed by atoms with van der Waals surface area (Å²) in [6.07, 6.45) is 1.33. The molecule has 0 fully saturated rings. The molecule has 2 aromatic carbocycles. The van der Waals surface area contributed by atoms with Crippen LogP contribution in [0.5, 0.6) is 5.75 Å². The normalized spacial score (nSPS) is 10.5. The average molecular weight is 381 g/mol. The molecule has 0 atom stereocenters. The number of benzene rings is 2. The van der Waals surface area contributed by atoms with E-state index in [1.807, 2.05) is 31.2 Å². The summed E-state index contributed by atoms with van der Waals surface area (Å²) in [5.41, 5.74) is 1.32. The van der Waals surface area contributed by atoms with E-state index in [2.05, 4.69) is 10.3 Å². The Bertz CT molecular complexity index is 1020. The zero-order chi connectivity index (χ0) is 19.9. The number of halogens is 1. The zero-order valence-corrected chi connectivity index (χ0v) is 15.4. The highest BCUT2D eigenvalue weighted by molar-refractivity contribution is 5.75. The maximum atomic E-state index is 13.6. The molecular weight excluding hydrogens is 361 g/mol. The Balaban J connectivity index is 1.64. The standard InChI is InChI=1S/C21H20FN3O3/c1-2-28-17-9-7-15(8-10-17)19-11-21(27)25(14-24-19)13-20(26)23-12-16-5-3-4-6-18(16)22/h3-11,14H,2,12-13H2,1H3,(H,23,26). The van der Waals surface area contributed by atoms with Crippen molar-refractivity contribution in [1.29, 1.82) is 0 Å². The maximum absolute atomic E-state index is 13.6. The van der Waals surface area contributed by atoms with E-state index in [0.717, 1.165) is 11.3 Å². The van der Waals surface area contributed by atoms with Crippen molar-refractivity contribution in [2.75, 3.05) is 6.61 Å². The van der Waals surface area contributed by atoms with Gasteiger partial charge in [-0.2, -0.15) is 0 Å². The molecule has 0 aliphatic heterocycles. The van der Waals surface area contributed by atoms with Gasteiger partial charge in [0.15, 0.2) is 0 Å². The van der Waals surface area contributed by atoms with E-state index in [4.69, 9.17) is 4.74 Å². The predicted octanol–water partition coefficient (Wildman–Crippen LogP) is 2.76. The number of ether oxygens (including phenoxy) is 1. The third kappa shape index (κ3) is 4.82. The second-order valence-corrected chi connectivity index (χ2v) is 6.07. The number of nitrogens with one attached hydrogen (secondary N) is 1. The van der Waals surface area contributed by atoms with E-state index in [0.29, 0.717) is 17.9 Å². The summed E-state index contributed by atoms with van der Waals surface area (Å²) in [4.78, 5) is 28.6.